The lowest BCUT2D eigenvalue weighted by Crippen LogP contribution is -2.22. The van der Waals surface area contributed by atoms with E-state index in [0.29, 0.717) is 0 Å². The summed E-state index contributed by atoms with van der Waals surface area (Å²) in [5, 5.41) is 9.41. The van der Waals surface area contributed by atoms with Gasteiger partial charge in [0.05, 0.1) is 4.90 Å². The van der Waals surface area contributed by atoms with E-state index >= 15 is 0 Å². The molecule has 0 aromatic heterocycles. The normalized spacial score (nSPS) is 11.2. The van der Waals surface area contributed by atoms with Crippen LogP contribution in [0.4, 0.5) is 5.69 Å². The Morgan fingerprint density at radius 1 is 1.38 bits per heavy atom. The van der Waals surface area contributed by atoms with E-state index in [9.17, 15) is 18.3 Å². The van der Waals surface area contributed by atoms with E-state index in [1.54, 1.807) is 0 Å². The second-order valence-corrected chi connectivity index (χ2v) is 5.29. The number of phenols is 1. The van der Waals surface area contributed by atoms with Gasteiger partial charge >= 0.3 is 0 Å². The average Bonchev–Trinajstić information content (AvgIpc) is 2.21. The molecule has 1 aromatic carbocycles. The fourth-order valence-electron chi connectivity index (χ4n) is 1.02. The summed E-state index contributed by atoms with van der Waals surface area (Å²) >= 11 is 0. The average molecular weight is 242 g/mol. The van der Waals surface area contributed by atoms with Crippen molar-refractivity contribution in [3.63, 3.8) is 0 Å². The first-order valence-electron chi connectivity index (χ1n) is 4.23. The number of aromatic hydroxyl groups is 1. The number of isocyanates is 1. The molecule has 1 rings (SSSR count). The third-order valence-corrected chi connectivity index (χ3v) is 3.70. The van der Waals surface area contributed by atoms with Gasteiger partial charge in [0.2, 0.25) is 16.1 Å². The number of hydrogen-bond acceptors (Lipinski definition) is 5. The molecular weight excluding hydrogens is 232 g/mol. The molecule has 0 spiro atoms. The SMILES string of the molecule is CN(C)S(=O)(=O)c1ccc(N=C=O)c(O)c1. The van der Waals surface area contributed by atoms with Gasteiger partial charge in [0.15, 0.2) is 0 Å². The molecule has 16 heavy (non-hydrogen) atoms. The van der Waals surface area contributed by atoms with Crippen molar-refractivity contribution in [3.8, 4) is 5.75 Å². The Hall–Kier alpha value is -1.69. The smallest absolute Gasteiger partial charge is 0.242 e. The summed E-state index contributed by atoms with van der Waals surface area (Å²) in [6, 6.07) is 3.52. The van der Waals surface area contributed by atoms with E-state index in [0.717, 1.165) is 10.4 Å². The third-order valence-electron chi connectivity index (χ3n) is 1.89. The fourth-order valence-corrected chi connectivity index (χ4v) is 1.94. The molecule has 7 heteroatoms. The van der Waals surface area contributed by atoms with Crippen LogP contribution < -0.4 is 0 Å². The van der Waals surface area contributed by atoms with Crippen LogP contribution in [0.2, 0.25) is 0 Å². The summed E-state index contributed by atoms with van der Waals surface area (Å²) < 4.78 is 24.3. The van der Waals surface area contributed by atoms with Crippen molar-refractivity contribution in [2.24, 2.45) is 4.99 Å². The van der Waals surface area contributed by atoms with Crippen LogP contribution in [0.15, 0.2) is 28.1 Å². The van der Waals surface area contributed by atoms with Gasteiger partial charge in [-0.1, -0.05) is 0 Å². The summed E-state index contributed by atoms with van der Waals surface area (Å²) in [5.74, 6) is -0.383. The monoisotopic (exact) mass is 242 g/mol. The second-order valence-electron chi connectivity index (χ2n) is 3.14. The molecular formula is C9H10N2O4S. The summed E-state index contributed by atoms with van der Waals surface area (Å²) in [4.78, 5) is 13.1. The van der Waals surface area contributed by atoms with Crippen LogP contribution in [-0.2, 0) is 14.8 Å². The van der Waals surface area contributed by atoms with Crippen molar-refractivity contribution in [1.82, 2.24) is 4.31 Å². The molecule has 0 heterocycles. The molecule has 0 aliphatic rings. The van der Waals surface area contributed by atoms with Gasteiger partial charge in [-0.15, -0.1) is 0 Å². The minimum Gasteiger partial charge on any atom is -0.506 e. The first-order valence-corrected chi connectivity index (χ1v) is 5.67. The fraction of sp³-hybridized carbons (Fsp3) is 0.222. The lowest BCUT2D eigenvalue weighted by Gasteiger charge is -2.11. The minimum absolute atomic E-state index is 0.0206. The van der Waals surface area contributed by atoms with Gasteiger partial charge in [0.1, 0.15) is 11.4 Å². The third kappa shape index (κ3) is 2.27. The highest BCUT2D eigenvalue weighted by Crippen LogP contribution is 2.29. The maximum atomic E-state index is 11.7. The Morgan fingerprint density at radius 3 is 2.44 bits per heavy atom. The number of benzene rings is 1. The van der Waals surface area contributed by atoms with Gasteiger partial charge < -0.3 is 5.11 Å². The quantitative estimate of drug-likeness (QED) is 0.621. The van der Waals surface area contributed by atoms with Gasteiger partial charge in [0, 0.05) is 20.2 Å². The summed E-state index contributed by atoms with van der Waals surface area (Å²) in [5.41, 5.74) is -0.0206. The Kier molecular flexibility index (Phi) is 3.44. The minimum atomic E-state index is -3.60. The standard InChI is InChI=1S/C9H10N2O4S/c1-11(2)16(14,15)7-3-4-8(10-6-12)9(13)5-7/h3-5,13H,1-2H3. The van der Waals surface area contributed by atoms with Crippen molar-refractivity contribution >= 4 is 21.8 Å². The van der Waals surface area contributed by atoms with Crippen LogP contribution in [0, 0.1) is 0 Å². The predicted molar refractivity (Wildman–Crippen MR) is 56.8 cm³/mol. The van der Waals surface area contributed by atoms with Crippen molar-refractivity contribution in [2.75, 3.05) is 14.1 Å². The summed E-state index contributed by atoms with van der Waals surface area (Å²) in [6.45, 7) is 0. The molecule has 0 bridgehead atoms. The van der Waals surface area contributed by atoms with Gasteiger partial charge in [-0.3, -0.25) is 0 Å². The van der Waals surface area contributed by atoms with E-state index in [-0.39, 0.29) is 16.3 Å². The van der Waals surface area contributed by atoms with Crippen LogP contribution in [0.3, 0.4) is 0 Å². The largest absolute Gasteiger partial charge is 0.506 e. The highest BCUT2D eigenvalue weighted by molar-refractivity contribution is 7.89. The maximum Gasteiger partial charge on any atom is 0.242 e. The Bertz CT molecular complexity index is 545. The van der Waals surface area contributed by atoms with Crippen molar-refractivity contribution in [1.29, 1.82) is 0 Å². The topological polar surface area (TPSA) is 87.0 Å². The molecule has 1 aromatic rings. The van der Waals surface area contributed by atoms with Crippen molar-refractivity contribution < 1.29 is 18.3 Å². The molecule has 6 nitrogen and oxygen atoms in total. The molecule has 0 unspecified atom stereocenters. The van der Waals surface area contributed by atoms with Gasteiger partial charge in [0.25, 0.3) is 0 Å². The van der Waals surface area contributed by atoms with Crippen LogP contribution in [0.5, 0.6) is 5.75 Å². The van der Waals surface area contributed by atoms with Crippen LogP contribution in [-0.4, -0.2) is 38.0 Å². The van der Waals surface area contributed by atoms with Gasteiger partial charge in [-0.2, -0.15) is 4.99 Å². The molecule has 86 valence electrons. The van der Waals surface area contributed by atoms with E-state index in [4.69, 9.17) is 0 Å². The van der Waals surface area contributed by atoms with E-state index in [2.05, 4.69) is 4.99 Å². The predicted octanol–water partition coefficient (Wildman–Crippen LogP) is 0.610. The first kappa shape index (κ1) is 12.4. The van der Waals surface area contributed by atoms with Crippen molar-refractivity contribution in [3.05, 3.63) is 18.2 Å². The molecule has 0 aliphatic heterocycles. The molecule has 0 saturated heterocycles. The number of hydrogen-bond donors (Lipinski definition) is 1. The molecule has 0 aliphatic carbocycles. The summed E-state index contributed by atoms with van der Waals surface area (Å²) in [7, 11) is -0.840. The van der Waals surface area contributed by atoms with Crippen molar-refractivity contribution in [2.45, 2.75) is 4.90 Å². The van der Waals surface area contributed by atoms with E-state index < -0.39 is 10.0 Å². The van der Waals surface area contributed by atoms with E-state index in [1.807, 2.05) is 0 Å². The first-order chi connectivity index (χ1) is 7.39. The number of carbonyl (C=O) groups excluding carboxylic acids is 1. The Balaban J connectivity index is 3.32. The second kappa shape index (κ2) is 4.44. The summed E-state index contributed by atoms with van der Waals surface area (Å²) in [6.07, 6.45) is 1.26. The Labute approximate surface area is 92.9 Å². The van der Waals surface area contributed by atoms with E-state index in [1.165, 1.54) is 32.3 Å². The lowest BCUT2D eigenvalue weighted by atomic mass is 10.3. The number of aliphatic imine (C=N–C) groups is 1. The van der Waals surface area contributed by atoms with Crippen LogP contribution >= 0.6 is 0 Å². The molecule has 0 fully saturated rings. The zero-order valence-electron chi connectivity index (χ0n) is 8.71. The van der Waals surface area contributed by atoms with Crippen LogP contribution in [0.25, 0.3) is 0 Å². The lowest BCUT2D eigenvalue weighted by molar-refractivity contribution is 0.473. The number of phenolic OH excluding ortho intramolecular Hbond substituents is 1. The molecule has 1 N–H and O–H groups in total. The highest BCUT2D eigenvalue weighted by atomic mass is 32.2. The molecule has 0 radical (unpaired) electrons. The Morgan fingerprint density at radius 2 is 2.00 bits per heavy atom. The molecule has 0 atom stereocenters. The molecule has 0 amide bonds. The number of nitrogens with zero attached hydrogens (tertiary/aromatic N) is 2. The van der Waals surface area contributed by atoms with Gasteiger partial charge in [-0.25, -0.2) is 17.5 Å². The number of sulfonamides is 1. The van der Waals surface area contributed by atoms with Crippen LogP contribution in [0.1, 0.15) is 0 Å². The molecule has 0 saturated carbocycles. The maximum absolute atomic E-state index is 11.7. The van der Waals surface area contributed by atoms with Gasteiger partial charge in [-0.05, 0) is 12.1 Å². The highest BCUT2D eigenvalue weighted by Gasteiger charge is 2.18. The zero-order chi connectivity index (χ0) is 12.3. The number of rotatable bonds is 3. The zero-order valence-corrected chi connectivity index (χ0v) is 9.52.